The molecule has 3 aromatic rings. The van der Waals surface area contributed by atoms with E-state index in [4.69, 9.17) is 24.8 Å². The van der Waals surface area contributed by atoms with E-state index in [1.54, 1.807) is 48.5 Å². The van der Waals surface area contributed by atoms with Crippen molar-refractivity contribution in [2.45, 2.75) is 29.9 Å². The van der Waals surface area contributed by atoms with E-state index in [0.717, 1.165) is 28.0 Å². The summed E-state index contributed by atoms with van der Waals surface area (Å²) in [6.07, 6.45) is -1.56. The average Bonchev–Trinajstić information content (AvgIpc) is 3.60. The van der Waals surface area contributed by atoms with Crippen molar-refractivity contribution >= 4 is 51.7 Å². The van der Waals surface area contributed by atoms with E-state index >= 15 is 0 Å². The highest BCUT2D eigenvalue weighted by Crippen LogP contribution is 2.51. The van der Waals surface area contributed by atoms with Gasteiger partial charge in [-0.05, 0) is 23.8 Å². The summed E-state index contributed by atoms with van der Waals surface area (Å²) in [5, 5.41) is 30.2. The molecule has 2 amide bonds. The number of anilines is 1. The van der Waals surface area contributed by atoms with E-state index in [-0.39, 0.29) is 45.9 Å². The molecule has 6 rings (SSSR count). The van der Waals surface area contributed by atoms with Gasteiger partial charge in [0.2, 0.25) is 0 Å². The third-order valence-electron chi connectivity index (χ3n) is 7.42. The molecule has 0 spiro atoms. The fraction of sp³-hybridized carbons (Fsp3) is 0.276. The minimum absolute atomic E-state index is 0.0447. The Bertz CT molecular complexity index is 1730. The lowest BCUT2D eigenvalue weighted by Crippen LogP contribution is -2.71. The lowest BCUT2D eigenvalue weighted by molar-refractivity contribution is -0.167. The highest BCUT2D eigenvalue weighted by molar-refractivity contribution is 8.00. The number of carbonyl (C=O) groups is 3. The quantitative estimate of drug-likeness (QED) is 0.112. The SMILES string of the molecule is CO/N=C(\C(=O)N[C@@H]1C(=O)N2C(C(=O)OCc3ccc(OC)cc3)=C([C@@]3(O)Oc4ccccc4C3O)CS[C@H]12)c1csc(N)n1. The number of para-hydroxylation sites is 1. The number of benzene rings is 2. The summed E-state index contributed by atoms with van der Waals surface area (Å²) in [4.78, 5) is 50.6. The summed E-state index contributed by atoms with van der Waals surface area (Å²) in [6, 6.07) is 12.3. The second-order valence-electron chi connectivity index (χ2n) is 10.0. The summed E-state index contributed by atoms with van der Waals surface area (Å²) in [7, 11) is 2.79. The molecule has 5 N–H and O–H groups in total. The van der Waals surface area contributed by atoms with Crippen molar-refractivity contribution in [1.82, 2.24) is 15.2 Å². The second-order valence-corrected chi connectivity index (χ2v) is 12.0. The van der Waals surface area contributed by atoms with Gasteiger partial charge in [0.25, 0.3) is 17.6 Å². The van der Waals surface area contributed by atoms with Crippen LogP contribution in [0.5, 0.6) is 11.5 Å². The number of hydrogen-bond donors (Lipinski definition) is 4. The Morgan fingerprint density at radius 2 is 1.98 bits per heavy atom. The van der Waals surface area contributed by atoms with E-state index in [2.05, 4.69) is 15.5 Å². The maximum absolute atomic E-state index is 13.7. The number of aliphatic hydroxyl groups is 2. The fourth-order valence-corrected chi connectivity index (χ4v) is 7.15. The molecular formula is C29H27N5O9S2. The number of oxime groups is 1. The first kappa shape index (κ1) is 30.4. The van der Waals surface area contributed by atoms with Crippen molar-refractivity contribution < 1.29 is 43.6 Å². The molecule has 14 nitrogen and oxygen atoms in total. The van der Waals surface area contributed by atoms with E-state index in [1.807, 2.05) is 0 Å². The number of nitrogens with one attached hydrogen (secondary N) is 1. The van der Waals surface area contributed by atoms with Crippen molar-refractivity contribution in [2.75, 3.05) is 25.7 Å². The fourth-order valence-electron chi connectivity index (χ4n) is 5.18. The number of thioether (sulfide) groups is 1. The predicted molar refractivity (Wildman–Crippen MR) is 162 cm³/mol. The summed E-state index contributed by atoms with van der Waals surface area (Å²) in [6.45, 7) is -0.157. The van der Waals surface area contributed by atoms with Crippen LogP contribution < -0.4 is 20.5 Å². The zero-order valence-electron chi connectivity index (χ0n) is 23.8. The molecular weight excluding hydrogens is 626 g/mol. The third kappa shape index (κ3) is 5.35. The van der Waals surface area contributed by atoms with Crippen LogP contribution in [0.25, 0.3) is 0 Å². The van der Waals surface area contributed by atoms with Gasteiger partial charge >= 0.3 is 5.97 Å². The predicted octanol–water partition coefficient (Wildman–Crippen LogP) is 1.30. The van der Waals surface area contributed by atoms with Gasteiger partial charge < -0.3 is 40.3 Å². The van der Waals surface area contributed by atoms with Gasteiger partial charge in [-0.25, -0.2) is 9.78 Å². The summed E-state index contributed by atoms with van der Waals surface area (Å²) in [5.74, 6) is -3.90. The highest BCUT2D eigenvalue weighted by atomic mass is 32.2. The molecule has 3 aliphatic rings. The van der Waals surface area contributed by atoms with Crippen molar-refractivity contribution in [3.8, 4) is 11.5 Å². The smallest absolute Gasteiger partial charge is 0.355 e. The van der Waals surface area contributed by atoms with Gasteiger partial charge in [0.15, 0.2) is 16.9 Å². The molecule has 4 heterocycles. The molecule has 1 unspecified atom stereocenters. The molecule has 0 radical (unpaired) electrons. The number of thiazole rings is 1. The summed E-state index contributed by atoms with van der Waals surface area (Å²) in [5.41, 5.74) is 6.30. The first-order chi connectivity index (χ1) is 21.7. The Hall–Kier alpha value is -4.64. The number of nitrogens with zero attached hydrogens (tertiary/aromatic N) is 3. The van der Waals surface area contributed by atoms with E-state index in [9.17, 15) is 24.6 Å². The maximum atomic E-state index is 13.7. The molecule has 0 saturated carbocycles. The number of β-lactam (4-membered cyclic amide) rings is 1. The topological polar surface area (TPSA) is 195 Å². The number of aliphatic hydroxyl groups excluding tert-OH is 1. The van der Waals surface area contributed by atoms with Crippen molar-refractivity contribution in [3.63, 3.8) is 0 Å². The van der Waals surface area contributed by atoms with Crippen LogP contribution in [0.1, 0.15) is 22.9 Å². The molecule has 1 saturated heterocycles. The van der Waals surface area contributed by atoms with Gasteiger partial charge in [-0.2, -0.15) is 0 Å². The minimum Gasteiger partial charge on any atom is -0.497 e. The molecule has 234 valence electrons. The van der Waals surface area contributed by atoms with Gasteiger partial charge in [0, 0.05) is 22.3 Å². The van der Waals surface area contributed by atoms with Crippen LogP contribution in [0, 0.1) is 0 Å². The van der Waals surface area contributed by atoms with Crippen LogP contribution in [0.2, 0.25) is 0 Å². The van der Waals surface area contributed by atoms with Crippen LogP contribution in [0.3, 0.4) is 0 Å². The number of esters is 1. The molecule has 3 aliphatic heterocycles. The largest absolute Gasteiger partial charge is 0.497 e. The van der Waals surface area contributed by atoms with Crippen LogP contribution in [0.15, 0.2) is 70.3 Å². The monoisotopic (exact) mass is 653 g/mol. The molecule has 16 heteroatoms. The number of hydrogen-bond acceptors (Lipinski definition) is 14. The Balaban J connectivity index is 1.29. The van der Waals surface area contributed by atoms with E-state index in [1.165, 1.54) is 19.6 Å². The molecule has 2 aromatic carbocycles. The second kappa shape index (κ2) is 12.0. The molecule has 45 heavy (non-hydrogen) atoms. The lowest BCUT2D eigenvalue weighted by Gasteiger charge is -2.50. The molecule has 0 aliphatic carbocycles. The number of aromatic nitrogens is 1. The lowest BCUT2D eigenvalue weighted by atomic mass is 9.93. The standard InChI is InChI=1S/C29H27N5O9S2/c1-40-15-9-7-14(8-10-15)11-42-27(38)22-17(29(39)23(35)16-5-3-4-6-19(16)43-29)12-44-26-21(25(37)34(22)26)32-24(36)20(33-41-2)18-13-45-28(30)31-18/h3-10,13,21,23,26,35,39H,11-12H2,1-2H3,(H2,30,31)(H,32,36)/b33-20-/t21-,23?,26-,29-/m1/s1. The van der Waals surface area contributed by atoms with Crippen molar-refractivity contribution in [3.05, 3.63) is 82.0 Å². The Labute approximate surface area is 264 Å². The third-order valence-corrected chi connectivity index (χ3v) is 9.38. The van der Waals surface area contributed by atoms with Gasteiger partial charge in [-0.15, -0.1) is 23.1 Å². The Morgan fingerprint density at radius 1 is 1.22 bits per heavy atom. The van der Waals surface area contributed by atoms with Crippen LogP contribution in [-0.4, -0.2) is 80.8 Å². The van der Waals surface area contributed by atoms with Crippen molar-refractivity contribution in [2.24, 2.45) is 5.16 Å². The number of nitrogens with two attached hydrogens (primary N) is 1. The summed E-state index contributed by atoms with van der Waals surface area (Å²) >= 11 is 2.26. The first-order valence-corrected chi connectivity index (χ1v) is 15.4. The zero-order chi connectivity index (χ0) is 31.9. The van der Waals surface area contributed by atoms with Crippen LogP contribution in [0.4, 0.5) is 5.13 Å². The van der Waals surface area contributed by atoms with Crippen molar-refractivity contribution in [1.29, 1.82) is 0 Å². The maximum Gasteiger partial charge on any atom is 0.355 e. The van der Waals surface area contributed by atoms with Crippen LogP contribution in [-0.2, 0) is 30.6 Å². The number of rotatable bonds is 9. The number of nitrogen functional groups attached to an aromatic ring is 1. The Morgan fingerprint density at radius 3 is 2.64 bits per heavy atom. The van der Waals surface area contributed by atoms with Gasteiger partial charge in [0.05, 0.1) is 7.11 Å². The average molecular weight is 654 g/mol. The number of fused-ring (bicyclic) bond motifs is 2. The zero-order valence-corrected chi connectivity index (χ0v) is 25.5. The molecule has 4 atom stereocenters. The van der Waals surface area contributed by atoms with E-state index in [0.29, 0.717) is 16.9 Å². The molecule has 0 bridgehead atoms. The highest BCUT2D eigenvalue weighted by Gasteiger charge is 2.60. The number of amides is 2. The molecule has 1 aromatic heterocycles. The van der Waals surface area contributed by atoms with Gasteiger partial charge in [0.1, 0.15) is 48.0 Å². The number of carbonyl (C=O) groups excluding carboxylic acids is 3. The number of methoxy groups -OCH3 is 1. The van der Waals surface area contributed by atoms with E-state index < -0.39 is 41.1 Å². The van der Waals surface area contributed by atoms with Crippen LogP contribution >= 0.6 is 23.1 Å². The normalized spacial score (nSPS) is 23.8. The van der Waals surface area contributed by atoms with Gasteiger partial charge in [-0.3, -0.25) is 14.5 Å². The summed E-state index contributed by atoms with van der Waals surface area (Å²) < 4.78 is 16.6. The minimum atomic E-state index is -2.37. The first-order valence-electron chi connectivity index (χ1n) is 13.5. The number of ether oxygens (including phenoxy) is 3. The van der Waals surface area contributed by atoms with Gasteiger partial charge in [-0.1, -0.05) is 35.5 Å². The molecule has 1 fully saturated rings. The Kier molecular flexibility index (Phi) is 8.13.